The van der Waals surface area contributed by atoms with E-state index in [9.17, 15) is 9.59 Å². The normalized spacial score (nSPS) is 19.1. The first-order valence-corrected chi connectivity index (χ1v) is 9.43. The van der Waals surface area contributed by atoms with Crippen molar-refractivity contribution in [3.05, 3.63) is 59.7 Å². The fourth-order valence-corrected chi connectivity index (χ4v) is 3.79. The molecule has 1 aromatic carbocycles. The highest BCUT2D eigenvalue weighted by Crippen LogP contribution is 2.44. The van der Waals surface area contributed by atoms with Crippen molar-refractivity contribution in [3.8, 4) is 0 Å². The van der Waals surface area contributed by atoms with Crippen LogP contribution in [0.25, 0.3) is 0 Å². The van der Waals surface area contributed by atoms with Gasteiger partial charge in [0.25, 0.3) is 0 Å². The lowest BCUT2D eigenvalue weighted by atomic mass is 9.88. The van der Waals surface area contributed by atoms with Gasteiger partial charge in [0.2, 0.25) is 0 Å². The van der Waals surface area contributed by atoms with E-state index in [2.05, 4.69) is 10.6 Å². The fraction of sp³-hybridized carbons (Fsp3) is 0.333. The number of carbonyl (C=O) groups is 2. The molecule has 0 fully saturated rings. The molecule has 2 heterocycles. The number of hydrogen-bond donors (Lipinski definition) is 2. The average Bonchev–Trinajstić information content (AvgIpc) is 3.15. The summed E-state index contributed by atoms with van der Waals surface area (Å²) in [4.78, 5) is 27.7. The van der Waals surface area contributed by atoms with Crippen LogP contribution in [0.2, 0.25) is 0 Å². The van der Waals surface area contributed by atoms with Gasteiger partial charge in [-0.15, -0.1) is 0 Å². The molecule has 1 unspecified atom stereocenters. The van der Waals surface area contributed by atoms with Crippen LogP contribution in [0, 0.1) is 0 Å². The molecule has 0 saturated heterocycles. The van der Waals surface area contributed by atoms with Gasteiger partial charge in [-0.2, -0.15) is 0 Å². The Hall–Kier alpha value is -3.02. The standard InChI is InChI=1S/C21H23N3O3/c1-2-12-22-21(26)24-16-9-4-3-7-14(16)23-15-8-5-10-17(25)19(15)20(24)18-11-6-13-27-18/h3-4,6-7,9,11,13,20,23H,2,5,8,10,12H2,1H3,(H,22,26). The van der Waals surface area contributed by atoms with E-state index in [1.807, 2.05) is 37.3 Å². The third-order valence-electron chi connectivity index (χ3n) is 4.99. The zero-order valence-corrected chi connectivity index (χ0v) is 15.3. The van der Waals surface area contributed by atoms with Gasteiger partial charge >= 0.3 is 6.03 Å². The van der Waals surface area contributed by atoms with E-state index in [0.29, 0.717) is 24.3 Å². The number of rotatable bonds is 3. The van der Waals surface area contributed by atoms with E-state index in [0.717, 1.165) is 36.3 Å². The summed E-state index contributed by atoms with van der Waals surface area (Å²) in [6.45, 7) is 2.57. The third-order valence-corrected chi connectivity index (χ3v) is 4.99. The molecule has 1 aromatic heterocycles. The summed E-state index contributed by atoms with van der Waals surface area (Å²) >= 11 is 0. The first-order valence-electron chi connectivity index (χ1n) is 9.43. The van der Waals surface area contributed by atoms with Gasteiger partial charge in [0, 0.05) is 24.2 Å². The van der Waals surface area contributed by atoms with E-state index in [4.69, 9.17) is 4.42 Å². The maximum absolute atomic E-state index is 13.2. The third kappa shape index (κ3) is 3.12. The summed E-state index contributed by atoms with van der Waals surface area (Å²) in [5, 5.41) is 6.38. The summed E-state index contributed by atoms with van der Waals surface area (Å²) in [6, 6.07) is 10.4. The maximum atomic E-state index is 13.2. The summed E-state index contributed by atoms with van der Waals surface area (Å²) in [6.07, 6.45) is 4.47. The van der Waals surface area contributed by atoms with E-state index < -0.39 is 6.04 Å². The Balaban J connectivity index is 1.92. The number of furan rings is 1. The summed E-state index contributed by atoms with van der Waals surface area (Å²) < 4.78 is 5.69. The molecule has 2 aromatic rings. The number of nitrogens with zero attached hydrogens (tertiary/aromatic N) is 1. The topological polar surface area (TPSA) is 74.6 Å². The van der Waals surface area contributed by atoms with Crippen molar-refractivity contribution in [1.29, 1.82) is 0 Å². The lowest BCUT2D eigenvalue weighted by molar-refractivity contribution is -0.116. The van der Waals surface area contributed by atoms with Crippen LogP contribution in [-0.2, 0) is 4.79 Å². The van der Waals surface area contributed by atoms with Crippen LogP contribution in [0.3, 0.4) is 0 Å². The fourth-order valence-electron chi connectivity index (χ4n) is 3.79. The number of carbonyl (C=O) groups excluding carboxylic acids is 2. The van der Waals surface area contributed by atoms with Crippen LogP contribution in [0.1, 0.15) is 44.4 Å². The summed E-state index contributed by atoms with van der Waals surface area (Å²) in [5.41, 5.74) is 3.06. The van der Waals surface area contributed by atoms with Crippen LogP contribution >= 0.6 is 0 Å². The van der Waals surface area contributed by atoms with Gasteiger partial charge in [-0.05, 0) is 43.5 Å². The Kier molecular flexibility index (Phi) is 4.71. The Morgan fingerprint density at radius 1 is 1.26 bits per heavy atom. The van der Waals surface area contributed by atoms with Gasteiger partial charge in [-0.1, -0.05) is 19.1 Å². The second kappa shape index (κ2) is 7.31. The van der Waals surface area contributed by atoms with Crippen molar-refractivity contribution in [1.82, 2.24) is 5.32 Å². The number of fused-ring (bicyclic) bond motifs is 1. The van der Waals surface area contributed by atoms with Crippen molar-refractivity contribution in [2.75, 3.05) is 16.8 Å². The molecule has 140 valence electrons. The average molecular weight is 365 g/mol. The predicted octanol–water partition coefficient (Wildman–Crippen LogP) is 4.38. The molecule has 27 heavy (non-hydrogen) atoms. The summed E-state index contributed by atoms with van der Waals surface area (Å²) in [5.74, 6) is 0.647. The molecule has 0 saturated carbocycles. The monoisotopic (exact) mass is 365 g/mol. The molecule has 6 nitrogen and oxygen atoms in total. The molecule has 4 rings (SSSR count). The zero-order chi connectivity index (χ0) is 18.8. The largest absolute Gasteiger partial charge is 0.467 e. The first-order chi connectivity index (χ1) is 13.2. The minimum Gasteiger partial charge on any atom is -0.467 e. The minimum absolute atomic E-state index is 0.0613. The Bertz CT molecular complexity index is 886. The second-order valence-corrected chi connectivity index (χ2v) is 6.83. The van der Waals surface area contributed by atoms with E-state index >= 15 is 0 Å². The molecule has 2 amide bonds. The lowest BCUT2D eigenvalue weighted by Gasteiger charge is -2.32. The number of hydrogen-bond acceptors (Lipinski definition) is 4. The molecule has 6 heteroatoms. The van der Waals surface area contributed by atoms with E-state index in [-0.39, 0.29) is 11.8 Å². The molecule has 0 radical (unpaired) electrons. The van der Waals surface area contributed by atoms with E-state index in [1.165, 1.54) is 0 Å². The van der Waals surface area contributed by atoms with Crippen molar-refractivity contribution < 1.29 is 14.0 Å². The number of ketones is 1. The number of nitrogens with one attached hydrogen (secondary N) is 2. The lowest BCUT2D eigenvalue weighted by Crippen LogP contribution is -2.44. The van der Waals surface area contributed by atoms with Gasteiger partial charge < -0.3 is 15.1 Å². The number of para-hydroxylation sites is 2. The van der Waals surface area contributed by atoms with Crippen LogP contribution in [0.4, 0.5) is 16.2 Å². The Morgan fingerprint density at radius 2 is 2.11 bits per heavy atom. The second-order valence-electron chi connectivity index (χ2n) is 6.83. The molecule has 0 spiro atoms. The molecule has 2 aliphatic rings. The Morgan fingerprint density at radius 3 is 2.89 bits per heavy atom. The van der Waals surface area contributed by atoms with Crippen molar-refractivity contribution >= 4 is 23.2 Å². The maximum Gasteiger partial charge on any atom is 0.322 e. The number of urea groups is 1. The number of benzene rings is 1. The van der Waals surface area contributed by atoms with Gasteiger partial charge in [0.05, 0.1) is 17.6 Å². The number of allylic oxidation sites excluding steroid dienone is 1. The zero-order valence-electron chi connectivity index (χ0n) is 15.3. The van der Waals surface area contributed by atoms with Gasteiger partial charge in [0.1, 0.15) is 11.8 Å². The quantitative estimate of drug-likeness (QED) is 0.846. The molecular weight excluding hydrogens is 342 g/mol. The molecule has 1 atom stereocenters. The van der Waals surface area contributed by atoms with Crippen LogP contribution in [0.15, 0.2) is 58.3 Å². The molecule has 1 aliphatic carbocycles. The number of Topliss-reactive ketones (excluding diaryl/α,β-unsaturated/α-hetero) is 1. The van der Waals surface area contributed by atoms with Gasteiger partial charge in [-0.3, -0.25) is 9.69 Å². The van der Waals surface area contributed by atoms with E-state index in [1.54, 1.807) is 17.2 Å². The molecular formula is C21H23N3O3. The molecule has 2 N–H and O–H groups in total. The highest BCUT2D eigenvalue weighted by Gasteiger charge is 2.40. The highest BCUT2D eigenvalue weighted by molar-refractivity contribution is 6.05. The van der Waals surface area contributed by atoms with Crippen LogP contribution < -0.4 is 15.5 Å². The van der Waals surface area contributed by atoms with Crippen LogP contribution in [0.5, 0.6) is 0 Å². The number of anilines is 2. The first kappa shape index (κ1) is 17.4. The predicted molar refractivity (Wildman–Crippen MR) is 104 cm³/mol. The minimum atomic E-state index is -0.587. The van der Waals surface area contributed by atoms with Crippen LogP contribution in [-0.4, -0.2) is 18.4 Å². The van der Waals surface area contributed by atoms with Crippen molar-refractivity contribution in [2.24, 2.45) is 0 Å². The van der Waals surface area contributed by atoms with Gasteiger partial charge in [0.15, 0.2) is 5.78 Å². The summed E-state index contributed by atoms with van der Waals surface area (Å²) in [7, 11) is 0. The smallest absolute Gasteiger partial charge is 0.322 e. The van der Waals surface area contributed by atoms with Crippen molar-refractivity contribution in [3.63, 3.8) is 0 Å². The van der Waals surface area contributed by atoms with Crippen molar-refractivity contribution in [2.45, 2.75) is 38.6 Å². The molecule has 1 aliphatic heterocycles. The highest BCUT2D eigenvalue weighted by atomic mass is 16.3. The number of amides is 2. The molecule has 0 bridgehead atoms. The van der Waals surface area contributed by atoms with Gasteiger partial charge in [-0.25, -0.2) is 4.79 Å². The SMILES string of the molecule is CCCNC(=O)N1c2ccccc2NC2=C(C(=O)CCC2)C1c1ccco1. The Labute approximate surface area is 158 Å².